The highest BCUT2D eigenvalue weighted by Crippen LogP contribution is 2.20. The van der Waals surface area contributed by atoms with Crippen molar-refractivity contribution in [3.8, 4) is 0 Å². The topological polar surface area (TPSA) is 62.8 Å². The zero-order valence-corrected chi connectivity index (χ0v) is 13.3. The Bertz CT molecular complexity index is 458. The quantitative estimate of drug-likeness (QED) is 0.783. The van der Waals surface area contributed by atoms with Crippen LogP contribution in [-0.2, 0) is 9.47 Å². The lowest BCUT2D eigenvalue weighted by Crippen LogP contribution is -2.38. The summed E-state index contributed by atoms with van der Waals surface area (Å²) in [4.78, 5) is 14.0. The van der Waals surface area contributed by atoms with Crippen LogP contribution in [0.5, 0.6) is 0 Å². The van der Waals surface area contributed by atoms with Gasteiger partial charge in [-0.2, -0.15) is 0 Å². The van der Waals surface area contributed by atoms with Gasteiger partial charge in [0.25, 0.3) is 0 Å². The standard InChI is InChI=1S/C16H25N3O3/c1-13(18-16(20)17-7-10-21-2)14-3-5-15(6-4-14)19-8-11-22-12-9-19/h3-6,13H,7-12H2,1-2H3,(H2,17,18,20)/t13-/m0/s1. The number of nitrogens with zero attached hydrogens (tertiary/aromatic N) is 1. The minimum atomic E-state index is -0.179. The van der Waals surface area contributed by atoms with Gasteiger partial charge in [0.15, 0.2) is 0 Å². The molecule has 2 amide bonds. The van der Waals surface area contributed by atoms with Crippen molar-refractivity contribution >= 4 is 11.7 Å². The lowest BCUT2D eigenvalue weighted by Gasteiger charge is -2.29. The summed E-state index contributed by atoms with van der Waals surface area (Å²) >= 11 is 0. The molecular weight excluding hydrogens is 282 g/mol. The highest BCUT2D eigenvalue weighted by molar-refractivity contribution is 5.74. The number of benzene rings is 1. The highest BCUT2D eigenvalue weighted by Gasteiger charge is 2.13. The van der Waals surface area contributed by atoms with Gasteiger partial charge in [0.2, 0.25) is 0 Å². The molecule has 0 unspecified atom stereocenters. The first-order valence-corrected chi connectivity index (χ1v) is 7.66. The van der Waals surface area contributed by atoms with Crippen LogP contribution in [0.1, 0.15) is 18.5 Å². The van der Waals surface area contributed by atoms with E-state index in [4.69, 9.17) is 9.47 Å². The molecule has 1 atom stereocenters. The molecule has 1 aromatic carbocycles. The third kappa shape index (κ3) is 4.89. The highest BCUT2D eigenvalue weighted by atomic mass is 16.5. The first-order chi connectivity index (χ1) is 10.7. The van der Waals surface area contributed by atoms with Gasteiger partial charge in [0.05, 0.1) is 25.9 Å². The number of carbonyl (C=O) groups is 1. The van der Waals surface area contributed by atoms with Gasteiger partial charge in [-0.1, -0.05) is 12.1 Å². The van der Waals surface area contributed by atoms with Gasteiger partial charge in [-0.15, -0.1) is 0 Å². The van der Waals surface area contributed by atoms with Gasteiger partial charge in [-0.25, -0.2) is 4.79 Å². The van der Waals surface area contributed by atoms with Crippen molar-refractivity contribution in [2.45, 2.75) is 13.0 Å². The van der Waals surface area contributed by atoms with E-state index in [1.54, 1.807) is 7.11 Å². The predicted molar refractivity (Wildman–Crippen MR) is 86.3 cm³/mol. The van der Waals surface area contributed by atoms with Gasteiger partial charge in [-0.3, -0.25) is 0 Å². The van der Waals surface area contributed by atoms with E-state index in [9.17, 15) is 4.79 Å². The number of rotatable bonds is 6. The van der Waals surface area contributed by atoms with Crippen LogP contribution in [0.3, 0.4) is 0 Å². The lowest BCUT2D eigenvalue weighted by molar-refractivity contribution is 0.122. The van der Waals surface area contributed by atoms with Crippen LogP contribution in [-0.4, -0.2) is 52.6 Å². The van der Waals surface area contributed by atoms with Crippen LogP contribution in [0.15, 0.2) is 24.3 Å². The Kier molecular flexibility index (Phi) is 6.48. The average molecular weight is 307 g/mol. The summed E-state index contributed by atoms with van der Waals surface area (Å²) in [7, 11) is 1.61. The zero-order chi connectivity index (χ0) is 15.8. The predicted octanol–water partition coefficient (Wildman–Crippen LogP) is 1.53. The summed E-state index contributed by atoms with van der Waals surface area (Å²) < 4.78 is 10.3. The smallest absolute Gasteiger partial charge is 0.315 e. The van der Waals surface area contributed by atoms with Gasteiger partial charge >= 0.3 is 6.03 Å². The SMILES string of the molecule is COCCNC(=O)N[C@@H](C)c1ccc(N2CCOCC2)cc1. The molecular formula is C16H25N3O3. The molecule has 1 aliphatic heterocycles. The Morgan fingerprint density at radius 1 is 1.32 bits per heavy atom. The number of methoxy groups -OCH3 is 1. The summed E-state index contributed by atoms with van der Waals surface area (Å²) in [6.07, 6.45) is 0. The molecule has 122 valence electrons. The molecule has 6 heteroatoms. The second-order valence-corrected chi connectivity index (χ2v) is 5.31. The summed E-state index contributed by atoms with van der Waals surface area (Å²) in [5.41, 5.74) is 2.28. The third-order valence-corrected chi connectivity index (χ3v) is 3.71. The van der Waals surface area contributed by atoms with Crippen molar-refractivity contribution in [3.05, 3.63) is 29.8 Å². The second-order valence-electron chi connectivity index (χ2n) is 5.31. The zero-order valence-electron chi connectivity index (χ0n) is 13.3. The van der Waals surface area contributed by atoms with Crippen LogP contribution in [0.4, 0.5) is 10.5 Å². The Balaban J connectivity index is 1.85. The van der Waals surface area contributed by atoms with Crippen molar-refractivity contribution in [1.82, 2.24) is 10.6 Å². The molecule has 1 aromatic rings. The van der Waals surface area contributed by atoms with Gasteiger partial charge in [0, 0.05) is 32.4 Å². The molecule has 1 fully saturated rings. The molecule has 0 bridgehead atoms. The number of urea groups is 1. The number of ether oxygens (including phenoxy) is 2. The minimum Gasteiger partial charge on any atom is -0.383 e. The van der Waals surface area contributed by atoms with Crippen LogP contribution in [0, 0.1) is 0 Å². The van der Waals surface area contributed by atoms with Crippen molar-refractivity contribution < 1.29 is 14.3 Å². The van der Waals surface area contributed by atoms with Crippen LogP contribution in [0.25, 0.3) is 0 Å². The van der Waals surface area contributed by atoms with E-state index in [0.29, 0.717) is 13.2 Å². The maximum atomic E-state index is 11.7. The number of nitrogens with one attached hydrogen (secondary N) is 2. The van der Waals surface area contributed by atoms with Crippen LogP contribution in [0.2, 0.25) is 0 Å². The summed E-state index contributed by atoms with van der Waals surface area (Å²) in [6, 6.07) is 8.10. The van der Waals surface area contributed by atoms with E-state index < -0.39 is 0 Å². The molecule has 0 radical (unpaired) electrons. The van der Waals surface area contributed by atoms with Crippen molar-refractivity contribution in [3.63, 3.8) is 0 Å². The van der Waals surface area contributed by atoms with Crippen LogP contribution >= 0.6 is 0 Å². The largest absolute Gasteiger partial charge is 0.383 e. The normalized spacial score (nSPS) is 16.2. The first-order valence-electron chi connectivity index (χ1n) is 7.66. The Hall–Kier alpha value is -1.79. The molecule has 0 spiro atoms. The molecule has 1 aliphatic rings. The van der Waals surface area contributed by atoms with Crippen molar-refractivity contribution in [1.29, 1.82) is 0 Å². The third-order valence-electron chi connectivity index (χ3n) is 3.71. The maximum Gasteiger partial charge on any atom is 0.315 e. The lowest BCUT2D eigenvalue weighted by atomic mass is 10.1. The first kappa shape index (κ1) is 16.6. The van der Waals surface area contributed by atoms with Gasteiger partial charge in [-0.05, 0) is 24.6 Å². The Labute approximate surface area is 131 Å². The van der Waals surface area contributed by atoms with Crippen molar-refractivity contribution in [2.75, 3.05) is 51.5 Å². The molecule has 0 aromatic heterocycles. The number of anilines is 1. The number of hydrogen-bond donors (Lipinski definition) is 2. The van der Waals surface area contributed by atoms with E-state index in [1.165, 1.54) is 5.69 Å². The molecule has 22 heavy (non-hydrogen) atoms. The molecule has 6 nitrogen and oxygen atoms in total. The van der Waals surface area contributed by atoms with E-state index in [0.717, 1.165) is 31.9 Å². The van der Waals surface area contributed by atoms with Crippen molar-refractivity contribution in [2.24, 2.45) is 0 Å². The fourth-order valence-corrected chi connectivity index (χ4v) is 2.39. The monoisotopic (exact) mass is 307 g/mol. The molecule has 1 saturated heterocycles. The number of morpholine rings is 1. The van der Waals surface area contributed by atoms with Gasteiger partial charge < -0.3 is 25.0 Å². The van der Waals surface area contributed by atoms with Crippen LogP contribution < -0.4 is 15.5 Å². The molecule has 2 N–H and O–H groups in total. The van der Waals surface area contributed by atoms with E-state index >= 15 is 0 Å². The second kappa shape index (κ2) is 8.60. The summed E-state index contributed by atoms with van der Waals surface area (Å²) in [5, 5.41) is 5.67. The average Bonchev–Trinajstić information content (AvgIpc) is 2.56. The summed E-state index contributed by atoms with van der Waals surface area (Å²) in [6.45, 7) is 6.40. The summed E-state index contributed by atoms with van der Waals surface area (Å²) in [5.74, 6) is 0. The maximum absolute atomic E-state index is 11.7. The number of amides is 2. The molecule has 2 rings (SSSR count). The van der Waals surface area contributed by atoms with E-state index in [2.05, 4.69) is 39.8 Å². The van der Waals surface area contributed by atoms with E-state index in [1.807, 2.05) is 6.92 Å². The fraction of sp³-hybridized carbons (Fsp3) is 0.562. The Morgan fingerprint density at radius 2 is 2.00 bits per heavy atom. The fourth-order valence-electron chi connectivity index (χ4n) is 2.39. The van der Waals surface area contributed by atoms with E-state index in [-0.39, 0.29) is 12.1 Å². The number of hydrogen-bond acceptors (Lipinski definition) is 4. The molecule has 1 heterocycles. The van der Waals surface area contributed by atoms with Gasteiger partial charge in [0.1, 0.15) is 0 Å². The Morgan fingerprint density at radius 3 is 2.64 bits per heavy atom. The molecule has 0 saturated carbocycles. The number of carbonyl (C=O) groups excluding carboxylic acids is 1. The minimum absolute atomic E-state index is 0.0405. The molecule has 0 aliphatic carbocycles.